The number of thioether (sulfide) groups is 1. The molecule has 0 saturated carbocycles. The van der Waals surface area contributed by atoms with E-state index in [9.17, 15) is 13.2 Å². The highest BCUT2D eigenvalue weighted by Crippen LogP contribution is 2.29. The molecule has 1 aromatic rings. The van der Waals surface area contributed by atoms with Crippen LogP contribution < -0.4 is 10.6 Å². The summed E-state index contributed by atoms with van der Waals surface area (Å²) in [5, 5.41) is 14.4. The lowest BCUT2D eigenvalue weighted by Crippen LogP contribution is -2.39. The van der Waals surface area contributed by atoms with Crippen molar-refractivity contribution in [2.24, 2.45) is 0 Å². The van der Waals surface area contributed by atoms with Gasteiger partial charge in [-0.05, 0) is 19.8 Å². The molecule has 0 spiro atoms. The third-order valence-corrected chi connectivity index (χ3v) is 6.99. The molecule has 1 saturated heterocycles. The Hall–Kier alpha value is -0.870. The Morgan fingerprint density at radius 2 is 2.27 bits per heavy atom. The van der Waals surface area contributed by atoms with Crippen LogP contribution in [0, 0.1) is 0 Å². The fourth-order valence-electron chi connectivity index (χ4n) is 1.99. The summed E-state index contributed by atoms with van der Waals surface area (Å²) in [6.07, 6.45) is 1.50. The van der Waals surface area contributed by atoms with Gasteiger partial charge in [-0.25, -0.2) is 8.42 Å². The van der Waals surface area contributed by atoms with Gasteiger partial charge in [-0.1, -0.05) is 30.0 Å². The Morgan fingerprint density at radius 3 is 2.91 bits per heavy atom. The van der Waals surface area contributed by atoms with Crippen molar-refractivity contribution < 1.29 is 13.2 Å². The maximum atomic E-state index is 12.1. The second-order valence-electron chi connectivity index (χ2n) is 5.17. The Balaban J connectivity index is 1.82. The fraction of sp³-hybridized carbons (Fsp3) is 0.750. The van der Waals surface area contributed by atoms with Crippen molar-refractivity contribution in [2.45, 2.75) is 42.3 Å². The summed E-state index contributed by atoms with van der Waals surface area (Å²) in [4.78, 5) is 12.1. The summed E-state index contributed by atoms with van der Waals surface area (Å²) >= 11 is 2.75. The highest BCUT2D eigenvalue weighted by molar-refractivity contribution is 8.02. The molecule has 124 valence electrons. The van der Waals surface area contributed by atoms with Crippen molar-refractivity contribution in [1.29, 1.82) is 0 Å². The molecule has 22 heavy (non-hydrogen) atoms. The number of amides is 1. The highest BCUT2D eigenvalue weighted by atomic mass is 32.2. The lowest BCUT2D eigenvalue weighted by atomic mass is 10.2. The van der Waals surface area contributed by atoms with Gasteiger partial charge < -0.3 is 10.6 Å². The summed E-state index contributed by atoms with van der Waals surface area (Å²) in [5.41, 5.74) is 0. The Kier molecular flexibility index (Phi) is 6.04. The Morgan fingerprint density at radius 1 is 1.50 bits per heavy atom. The van der Waals surface area contributed by atoms with Gasteiger partial charge in [-0.15, -0.1) is 10.2 Å². The molecule has 2 rings (SSSR count). The summed E-state index contributed by atoms with van der Waals surface area (Å²) in [5.74, 6) is 0.0351. The van der Waals surface area contributed by atoms with Crippen LogP contribution in [-0.2, 0) is 14.6 Å². The predicted molar refractivity (Wildman–Crippen MR) is 89.2 cm³/mol. The molecular formula is C12H20N4O3S3. The second kappa shape index (κ2) is 7.60. The molecule has 0 unspecified atom stereocenters. The average Bonchev–Trinajstić information content (AvgIpc) is 3.03. The van der Waals surface area contributed by atoms with Crippen LogP contribution in [0.1, 0.15) is 26.7 Å². The van der Waals surface area contributed by atoms with Crippen molar-refractivity contribution in [3.05, 3.63) is 0 Å². The zero-order valence-electron chi connectivity index (χ0n) is 12.5. The van der Waals surface area contributed by atoms with Gasteiger partial charge in [0.2, 0.25) is 11.0 Å². The maximum absolute atomic E-state index is 12.1. The molecule has 1 aliphatic heterocycles. The van der Waals surface area contributed by atoms with Crippen molar-refractivity contribution in [3.63, 3.8) is 0 Å². The van der Waals surface area contributed by atoms with E-state index in [0.29, 0.717) is 6.42 Å². The molecule has 1 amide bonds. The molecule has 0 bridgehead atoms. The van der Waals surface area contributed by atoms with Crippen LogP contribution in [0.25, 0.3) is 0 Å². The molecule has 2 atom stereocenters. The van der Waals surface area contributed by atoms with E-state index in [1.807, 2.05) is 0 Å². The molecule has 10 heteroatoms. The quantitative estimate of drug-likeness (QED) is 0.700. The minimum Gasteiger partial charge on any atom is -0.360 e. The molecule has 0 aromatic carbocycles. The number of sulfone groups is 1. The van der Waals surface area contributed by atoms with Gasteiger partial charge in [-0.3, -0.25) is 4.79 Å². The first-order chi connectivity index (χ1) is 10.4. The average molecular weight is 365 g/mol. The smallest absolute Gasteiger partial charge is 0.233 e. The van der Waals surface area contributed by atoms with Gasteiger partial charge in [0.05, 0.1) is 16.8 Å². The lowest BCUT2D eigenvalue weighted by Gasteiger charge is -2.14. The van der Waals surface area contributed by atoms with Gasteiger partial charge in [0.1, 0.15) is 0 Å². The van der Waals surface area contributed by atoms with E-state index in [4.69, 9.17) is 0 Å². The van der Waals surface area contributed by atoms with Crippen molar-refractivity contribution >= 4 is 44.0 Å². The second-order valence-corrected chi connectivity index (χ2v) is 9.96. The first-order valence-corrected chi connectivity index (χ1v) is 10.7. The van der Waals surface area contributed by atoms with E-state index < -0.39 is 9.84 Å². The SMILES string of the molecule is CCCNc1nnc(S[C@H](C)C(=O)N[C@H]2CCS(=O)(=O)C2)s1. The summed E-state index contributed by atoms with van der Waals surface area (Å²) in [6, 6.07) is -0.267. The van der Waals surface area contributed by atoms with E-state index in [1.54, 1.807) is 6.92 Å². The molecule has 0 aliphatic carbocycles. The summed E-state index contributed by atoms with van der Waals surface area (Å²) in [6.45, 7) is 4.69. The Labute approximate surface area is 138 Å². The number of carbonyl (C=O) groups excluding carboxylic acids is 1. The number of aromatic nitrogens is 2. The lowest BCUT2D eigenvalue weighted by molar-refractivity contribution is -0.120. The van der Waals surface area contributed by atoms with Crippen molar-refractivity contribution in [2.75, 3.05) is 23.4 Å². The number of anilines is 1. The number of hydrogen-bond acceptors (Lipinski definition) is 8. The Bertz CT molecular complexity index is 617. The van der Waals surface area contributed by atoms with E-state index >= 15 is 0 Å². The number of carbonyl (C=O) groups is 1. The summed E-state index contributed by atoms with van der Waals surface area (Å²) < 4.78 is 23.5. The zero-order chi connectivity index (χ0) is 16.2. The summed E-state index contributed by atoms with van der Waals surface area (Å²) in [7, 11) is -2.98. The fourth-order valence-corrected chi connectivity index (χ4v) is 5.60. The topological polar surface area (TPSA) is 101 Å². The van der Waals surface area contributed by atoms with Gasteiger partial charge >= 0.3 is 0 Å². The first kappa shape index (κ1) is 17.5. The van der Waals surface area contributed by atoms with Crippen LogP contribution in [0.3, 0.4) is 0 Å². The van der Waals surface area contributed by atoms with E-state index in [0.717, 1.165) is 22.4 Å². The third-order valence-electron chi connectivity index (χ3n) is 3.16. The maximum Gasteiger partial charge on any atom is 0.233 e. The molecule has 1 fully saturated rings. The number of rotatable bonds is 7. The number of nitrogens with one attached hydrogen (secondary N) is 2. The molecule has 7 nitrogen and oxygen atoms in total. The monoisotopic (exact) mass is 364 g/mol. The third kappa shape index (κ3) is 5.10. The molecule has 0 radical (unpaired) electrons. The zero-order valence-corrected chi connectivity index (χ0v) is 15.0. The van der Waals surface area contributed by atoms with E-state index in [-0.39, 0.29) is 28.7 Å². The van der Waals surface area contributed by atoms with Gasteiger partial charge in [0.25, 0.3) is 0 Å². The number of hydrogen-bond donors (Lipinski definition) is 2. The molecule has 1 aliphatic rings. The van der Waals surface area contributed by atoms with Crippen molar-refractivity contribution in [1.82, 2.24) is 15.5 Å². The van der Waals surface area contributed by atoms with Crippen LogP contribution in [0.5, 0.6) is 0 Å². The highest BCUT2D eigenvalue weighted by Gasteiger charge is 2.30. The van der Waals surface area contributed by atoms with Gasteiger partial charge in [-0.2, -0.15) is 0 Å². The molecule has 1 aromatic heterocycles. The molecular weight excluding hydrogens is 344 g/mol. The van der Waals surface area contributed by atoms with Crippen molar-refractivity contribution in [3.8, 4) is 0 Å². The molecule has 2 heterocycles. The first-order valence-electron chi connectivity index (χ1n) is 7.14. The normalized spacial score (nSPS) is 21.5. The minimum atomic E-state index is -2.98. The molecule has 2 N–H and O–H groups in total. The van der Waals surface area contributed by atoms with Crippen LogP contribution in [0.4, 0.5) is 5.13 Å². The van der Waals surface area contributed by atoms with Gasteiger partial charge in [0.15, 0.2) is 14.2 Å². The van der Waals surface area contributed by atoms with Crippen LogP contribution >= 0.6 is 23.1 Å². The van der Waals surface area contributed by atoms with Crippen LogP contribution in [0.15, 0.2) is 4.34 Å². The van der Waals surface area contributed by atoms with E-state index in [2.05, 4.69) is 27.8 Å². The minimum absolute atomic E-state index is 0.0417. The standard InChI is InChI=1S/C12H20N4O3S3/c1-3-5-13-11-15-16-12(21-11)20-8(2)10(17)14-9-4-6-22(18,19)7-9/h8-9H,3-7H2,1-2H3,(H,13,15)(H,14,17)/t8-,9+/m1/s1. The van der Waals surface area contributed by atoms with Gasteiger partial charge in [0, 0.05) is 12.6 Å². The van der Waals surface area contributed by atoms with E-state index in [1.165, 1.54) is 23.1 Å². The largest absolute Gasteiger partial charge is 0.360 e. The number of nitrogens with zero attached hydrogens (tertiary/aromatic N) is 2. The predicted octanol–water partition coefficient (Wildman–Crippen LogP) is 1.14. The van der Waals surface area contributed by atoms with Crippen LogP contribution in [0.2, 0.25) is 0 Å². The van der Waals surface area contributed by atoms with Crippen LogP contribution in [-0.4, -0.2) is 53.9 Å².